The molecule has 1 aromatic heterocycles. The maximum Gasteiger partial charge on any atom is 0.245 e. The maximum absolute atomic E-state index is 12.2. The van der Waals surface area contributed by atoms with Crippen molar-refractivity contribution in [3.05, 3.63) is 23.0 Å². The molecule has 0 radical (unpaired) electrons. The van der Waals surface area contributed by atoms with Gasteiger partial charge < -0.3 is 9.47 Å². The van der Waals surface area contributed by atoms with E-state index in [1.165, 1.54) is 0 Å². The molecule has 0 aliphatic rings. The summed E-state index contributed by atoms with van der Waals surface area (Å²) in [5, 5.41) is 0. The number of hydrogen-bond acceptors (Lipinski definition) is 2. The van der Waals surface area contributed by atoms with Crippen molar-refractivity contribution in [1.29, 1.82) is 0 Å². The fourth-order valence-electron chi connectivity index (χ4n) is 2.31. The Morgan fingerprint density at radius 3 is 2.47 bits per heavy atom. The highest BCUT2D eigenvalue weighted by atomic mass is 35.5. The van der Waals surface area contributed by atoms with Crippen LogP contribution in [0.1, 0.15) is 41.6 Å². The second kappa shape index (κ2) is 6.24. The van der Waals surface area contributed by atoms with Gasteiger partial charge in [-0.2, -0.15) is 0 Å². The number of carbonyl (C=O) groups is 2. The number of Topliss-reactive ketones (excluding diaryl/α,β-unsaturated/α-hetero) is 1. The molecule has 1 unspecified atom stereocenters. The van der Waals surface area contributed by atoms with Crippen molar-refractivity contribution in [2.24, 2.45) is 0 Å². The van der Waals surface area contributed by atoms with Crippen LogP contribution < -0.4 is 0 Å². The molecule has 0 saturated carbocycles. The molecule has 0 aliphatic carbocycles. The van der Waals surface area contributed by atoms with Crippen LogP contribution in [0.25, 0.3) is 0 Å². The van der Waals surface area contributed by atoms with Gasteiger partial charge in [0.25, 0.3) is 0 Å². The third-order valence-corrected chi connectivity index (χ3v) is 3.74. The topological polar surface area (TPSA) is 42.3 Å². The van der Waals surface area contributed by atoms with Crippen LogP contribution in [-0.4, -0.2) is 40.6 Å². The Morgan fingerprint density at radius 2 is 2.00 bits per heavy atom. The first-order chi connectivity index (χ1) is 8.84. The molecule has 1 rings (SSSR count). The average Bonchev–Trinajstić information content (AvgIpc) is 2.70. The lowest BCUT2D eigenvalue weighted by molar-refractivity contribution is -0.132. The molecule has 5 heteroatoms. The maximum atomic E-state index is 12.2. The summed E-state index contributed by atoms with van der Waals surface area (Å²) in [6.45, 7) is 8.19. The van der Waals surface area contributed by atoms with E-state index in [1.807, 2.05) is 32.3 Å². The zero-order valence-electron chi connectivity index (χ0n) is 12.2. The number of alkyl halides is 1. The number of aryl methyl sites for hydroxylation is 1. The summed E-state index contributed by atoms with van der Waals surface area (Å²) in [6.07, 6.45) is 0. The first-order valence-electron chi connectivity index (χ1n) is 6.37. The molecule has 106 valence electrons. The number of hydrogen-bond donors (Lipinski definition) is 0. The first-order valence-corrected chi connectivity index (χ1v) is 6.91. The van der Waals surface area contributed by atoms with E-state index in [4.69, 9.17) is 11.6 Å². The number of amides is 1. The number of aromatic nitrogens is 1. The van der Waals surface area contributed by atoms with Gasteiger partial charge >= 0.3 is 0 Å². The second-order valence-corrected chi connectivity index (χ2v) is 5.01. The van der Waals surface area contributed by atoms with E-state index in [2.05, 4.69) is 0 Å². The van der Waals surface area contributed by atoms with Gasteiger partial charge in [0.2, 0.25) is 5.91 Å². The van der Waals surface area contributed by atoms with E-state index in [0.29, 0.717) is 12.1 Å². The molecule has 0 aromatic carbocycles. The summed E-state index contributed by atoms with van der Waals surface area (Å²) in [7, 11) is 1.78. The summed E-state index contributed by atoms with van der Waals surface area (Å²) in [5.41, 5.74) is 2.30. The highest BCUT2D eigenvalue weighted by Crippen LogP contribution is 2.22. The van der Waals surface area contributed by atoms with Crippen LogP contribution in [0.15, 0.2) is 6.07 Å². The minimum absolute atomic E-state index is 0.0363. The Labute approximate surface area is 119 Å². The third-order valence-electron chi connectivity index (χ3n) is 3.50. The van der Waals surface area contributed by atoms with Crippen LogP contribution in [0.3, 0.4) is 0 Å². The van der Waals surface area contributed by atoms with Crippen molar-refractivity contribution in [1.82, 2.24) is 9.47 Å². The van der Waals surface area contributed by atoms with Crippen molar-refractivity contribution in [2.45, 2.75) is 33.7 Å². The SMILES string of the molecule is CCN(C)C(=O)C(C)n1c(C)cc(C(=O)CCl)c1C. The number of rotatable bonds is 5. The molecule has 1 amide bonds. The molecule has 0 saturated heterocycles. The van der Waals surface area contributed by atoms with E-state index >= 15 is 0 Å². The molecular formula is C14H21ClN2O2. The number of carbonyl (C=O) groups excluding carboxylic acids is 2. The van der Waals surface area contributed by atoms with E-state index in [-0.39, 0.29) is 23.6 Å². The number of ketones is 1. The van der Waals surface area contributed by atoms with Crippen LogP contribution in [0.4, 0.5) is 0 Å². The normalized spacial score (nSPS) is 12.3. The minimum atomic E-state index is -0.318. The highest BCUT2D eigenvalue weighted by Gasteiger charge is 2.23. The van der Waals surface area contributed by atoms with Crippen LogP contribution in [0.5, 0.6) is 0 Å². The Kier molecular flexibility index (Phi) is 5.18. The van der Waals surface area contributed by atoms with Gasteiger partial charge in [-0.15, -0.1) is 11.6 Å². The summed E-state index contributed by atoms with van der Waals surface area (Å²) < 4.78 is 1.90. The number of likely N-dealkylation sites (N-methyl/N-ethyl adjacent to an activating group) is 1. The van der Waals surface area contributed by atoms with Gasteiger partial charge in [0, 0.05) is 30.5 Å². The standard InChI is InChI=1S/C14H21ClN2O2/c1-6-16(5)14(19)11(4)17-9(2)7-12(10(17)3)13(18)8-15/h7,11H,6,8H2,1-5H3. The molecule has 0 bridgehead atoms. The minimum Gasteiger partial charge on any atom is -0.344 e. The van der Waals surface area contributed by atoms with Gasteiger partial charge in [-0.05, 0) is 33.8 Å². The van der Waals surface area contributed by atoms with Crippen molar-refractivity contribution in [3.8, 4) is 0 Å². The zero-order chi connectivity index (χ0) is 14.7. The summed E-state index contributed by atoms with van der Waals surface area (Å²) >= 11 is 5.60. The Bertz CT molecular complexity index is 494. The lowest BCUT2D eigenvalue weighted by Crippen LogP contribution is -2.33. The summed E-state index contributed by atoms with van der Waals surface area (Å²) in [4.78, 5) is 25.6. The Morgan fingerprint density at radius 1 is 1.42 bits per heavy atom. The van der Waals surface area contributed by atoms with Crippen molar-refractivity contribution < 1.29 is 9.59 Å². The van der Waals surface area contributed by atoms with Crippen LogP contribution in [-0.2, 0) is 4.79 Å². The largest absolute Gasteiger partial charge is 0.344 e. The molecule has 1 aromatic rings. The van der Waals surface area contributed by atoms with E-state index in [1.54, 1.807) is 18.0 Å². The Hall–Kier alpha value is -1.29. The van der Waals surface area contributed by atoms with Crippen molar-refractivity contribution >= 4 is 23.3 Å². The number of halogens is 1. The van der Waals surface area contributed by atoms with Gasteiger partial charge in [0.15, 0.2) is 5.78 Å². The monoisotopic (exact) mass is 284 g/mol. The number of nitrogens with zero attached hydrogens (tertiary/aromatic N) is 2. The fraction of sp³-hybridized carbons (Fsp3) is 0.571. The first kappa shape index (κ1) is 15.8. The smallest absolute Gasteiger partial charge is 0.245 e. The van der Waals surface area contributed by atoms with E-state index in [0.717, 1.165) is 11.4 Å². The molecular weight excluding hydrogens is 264 g/mol. The lowest BCUT2D eigenvalue weighted by Gasteiger charge is -2.23. The molecule has 0 N–H and O–H groups in total. The van der Waals surface area contributed by atoms with Crippen molar-refractivity contribution in [2.75, 3.05) is 19.5 Å². The molecule has 0 spiro atoms. The quantitative estimate of drug-likeness (QED) is 0.616. The lowest BCUT2D eigenvalue weighted by atomic mass is 10.2. The molecule has 19 heavy (non-hydrogen) atoms. The molecule has 1 atom stereocenters. The van der Waals surface area contributed by atoms with Crippen molar-refractivity contribution in [3.63, 3.8) is 0 Å². The zero-order valence-corrected chi connectivity index (χ0v) is 12.9. The average molecular weight is 285 g/mol. The summed E-state index contributed by atoms with van der Waals surface area (Å²) in [6, 6.07) is 1.48. The Balaban J connectivity index is 3.18. The van der Waals surface area contributed by atoms with E-state index in [9.17, 15) is 9.59 Å². The van der Waals surface area contributed by atoms with E-state index < -0.39 is 0 Å². The fourth-order valence-corrected chi connectivity index (χ4v) is 2.46. The molecule has 1 heterocycles. The van der Waals surface area contributed by atoms with Gasteiger partial charge in [-0.3, -0.25) is 9.59 Å². The molecule has 4 nitrogen and oxygen atoms in total. The van der Waals surface area contributed by atoms with Crippen LogP contribution in [0, 0.1) is 13.8 Å². The van der Waals surface area contributed by atoms with Gasteiger partial charge in [0.1, 0.15) is 6.04 Å². The van der Waals surface area contributed by atoms with Gasteiger partial charge in [-0.1, -0.05) is 0 Å². The predicted octanol–water partition coefficient (Wildman–Crippen LogP) is 2.57. The highest BCUT2D eigenvalue weighted by molar-refractivity contribution is 6.30. The third kappa shape index (κ3) is 3.00. The van der Waals surface area contributed by atoms with Crippen LogP contribution in [0.2, 0.25) is 0 Å². The second-order valence-electron chi connectivity index (χ2n) is 4.74. The predicted molar refractivity (Wildman–Crippen MR) is 77.0 cm³/mol. The molecule has 0 aliphatic heterocycles. The summed E-state index contributed by atoms with van der Waals surface area (Å²) in [5.74, 6) is -0.111. The van der Waals surface area contributed by atoms with Crippen LogP contribution >= 0.6 is 11.6 Å². The molecule has 0 fully saturated rings. The van der Waals surface area contributed by atoms with Gasteiger partial charge in [-0.25, -0.2) is 0 Å². The van der Waals surface area contributed by atoms with Gasteiger partial charge in [0.05, 0.1) is 5.88 Å².